The second-order valence-corrected chi connectivity index (χ2v) is 6.57. The van der Waals surface area contributed by atoms with Gasteiger partial charge in [0.1, 0.15) is 0 Å². The molecule has 0 saturated carbocycles. The summed E-state index contributed by atoms with van der Waals surface area (Å²) in [5.41, 5.74) is 0.222. The number of hydrogen-bond donors (Lipinski definition) is 0. The normalized spacial score (nSPS) is 11.9. The van der Waals surface area contributed by atoms with Crippen LogP contribution in [-0.2, 0) is 0 Å². The molecular weight excluding hydrogens is 332 g/mol. The third-order valence-corrected chi connectivity index (χ3v) is 4.13. The number of nitro groups is 1. The first-order valence-corrected chi connectivity index (χ1v) is 8.38. The number of aromatic nitrogens is 3. The zero-order valence-electron chi connectivity index (χ0n) is 15.1. The van der Waals surface area contributed by atoms with E-state index in [1.165, 1.54) is 6.20 Å². The minimum absolute atomic E-state index is 0.0525. The number of pyridine rings is 1. The minimum atomic E-state index is -0.417. The summed E-state index contributed by atoms with van der Waals surface area (Å²) in [4.78, 5) is 30.2. The average molecular weight is 352 g/mol. The van der Waals surface area contributed by atoms with Gasteiger partial charge in [-0.15, -0.1) is 0 Å². The summed E-state index contributed by atoms with van der Waals surface area (Å²) in [5.74, 6) is 0.195. The Labute approximate surface area is 150 Å². The van der Waals surface area contributed by atoms with Crippen molar-refractivity contribution in [2.75, 3.05) is 0 Å². The maximum Gasteiger partial charge on any atom is 0.303 e. The summed E-state index contributed by atoms with van der Waals surface area (Å²) < 4.78 is 0. The van der Waals surface area contributed by atoms with Gasteiger partial charge in [-0.25, -0.2) is 15.0 Å². The SMILES string of the molecule is CC(C)N(/C=N/c1ncc2cc3cnccc3c([N+](=O)[O-])c2n1)C(C)C. The molecule has 134 valence electrons. The van der Waals surface area contributed by atoms with Gasteiger partial charge in [0.25, 0.3) is 5.95 Å². The summed E-state index contributed by atoms with van der Waals surface area (Å²) in [6.45, 7) is 8.27. The highest BCUT2D eigenvalue weighted by molar-refractivity contribution is 6.06. The Morgan fingerprint density at radius 3 is 2.58 bits per heavy atom. The lowest BCUT2D eigenvalue weighted by atomic mass is 10.1. The summed E-state index contributed by atoms with van der Waals surface area (Å²) in [7, 11) is 0. The van der Waals surface area contributed by atoms with Gasteiger partial charge in [-0.1, -0.05) is 0 Å². The molecule has 0 bridgehead atoms. The predicted octanol–water partition coefficient (Wildman–Crippen LogP) is 3.86. The van der Waals surface area contributed by atoms with E-state index < -0.39 is 4.92 Å². The highest BCUT2D eigenvalue weighted by Crippen LogP contribution is 2.33. The van der Waals surface area contributed by atoms with Gasteiger partial charge in [0.2, 0.25) is 0 Å². The Bertz CT molecular complexity index is 992. The zero-order valence-corrected chi connectivity index (χ0v) is 15.1. The van der Waals surface area contributed by atoms with Crippen molar-refractivity contribution in [3.05, 3.63) is 40.8 Å². The number of rotatable bonds is 5. The standard InChI is InChI=1S/C18H20N6O2/c1-11(2)23(12(3)4)10-21-18-20-9-14-7-13-8-19-6-5-15(13)17(24(25)26)16(14)22-18/h5-12H,1-4H3/b21-10+. The largest absolute Gasteiger partial charge is 0.358 e. The van der Waals surface area contributed by atoms with Crippen LogP contribution < -0.4 is 0 Å². The molecule has 0 atom stereocenters. The van der Waals surface area contributed by atoms with Gasteiger partial charge in [0, 0.05) is 41.4 Å². The molecule has 2 heterocycles. The van der Waals surface area contributed by atoms with Crippen molar-refractivity contribution >= 4 is 39.6 Å². The van der Waals surface area contributed by atoms with Crippen LogP contribution in [0.2, 0.25) is 0 Å². The van der Waals surface area contributed by atoms with Crippen LogP contribution in [0.15, 0.2) is 35.7 Å². The molecule has 3 aromatic rings. The van der Waals surface area contributed by atoms with E-state index in [4.69, 9.17) is 0 Å². The monoisotopic (exact) mass is 352 g/mol. The van der Waals surface area contributed by atoms with E-state index in [0.717, 1.165) is 0 Å². The second-order valence-electron chi connectivity index (χ2n) is 6.57. The predicted molar refractivity (Wildman–Crippen MR) is 102 cm³/mol. The van der Waals surface area contributed by atoms with E-state index in [-0.39, 0.29) is 29.2 Å². The molecule has 0 saturated heterocycles. The summed E-state index contributed by atoms with van der Waals surface area (Å²) in [6.07, 6.45) is 6.37. The van der Waals surface area contributed by atoms with Crippen LogP contribution in [0, 0.1) is 10.1 Å². The molecule has 8 heteroatoms. The van der Waals surface area contributed by atoms with Gasteiger partial charge >= 0.3 is 5.69 Å². The van der Waals surface area contributed by atoms with Gasteiger partial charge in [-0.05, 0) is 39.8 Å². The van der Waals surface area contributed by atoms with Crippen molar-refractivity contribution in [3.8, 4) is 0 Å². The Hall–Kier alpha value is -3.16. The van der Waals surface area contributed by atoms with Crippen LogP contribution in [0.3, 0.4) is 0 Å². The molecule has 0 N–H and O–H groups in total. The van der Waals surface area contributed by atoms with Crippen LogP contribution in [0.25, 0.3) is 21.7 Å². The molecule has 0 aliphatic carbocycles. The fraction of sp³-hybridized carbons (Fsp3) is 0.333. The average Bonchev–Trinajstić information content (AvgIpc) is 2.58. The summed E-state index contributed by atoms with van der Waals surface area (Å²) in [5, 5.41) is 13.4. The van der Waals surface area contributed by atoms with Crippen molar-refractivity contribution in [2.24, 2.45) is 4.99 Å². The lowest BCUT2D eigenvalue weighted by Crippen LogP contribution is -2.35. The van der Waals surface area contributed by atoms with Crippen LogP contribution in [0.4, 0.5) is 11.6 Å². The lowest BCUT2D eigenvalue weighted by molar-refractivity contribution is -0.381. The van der Waals surface area contributed by atoms with E-state index in [2.05, 4.69) is 52.5 Å². The number of hydrogen-bond acceptors (Lipinski definition) is 6. The van der Waals surface area contributed by atoms with Crippen LogP contribution in [-0.4, -0.2) is 43.2 Å². The number of fused-ring (bicyclic) bond motifs is 2. The molecule has 0 aliphatic heterocycles. The highest BCUT2D eigenvalue weighted by atomic mass is 16.6. The van der Waals surface area contributed by atoms with E-state index in [9.17, 15) is 10.1 Å². The maximum absolute atomic E-state index is 11.7. The minimum Gasteiger partial charge on any atom is -0.358 e. The summed E-state index contributed by atoms with van der Waals surface area (Å²) >= 11 is 0. The second kappa shape index (κ2) is 6.99. The molecule has 0 aliphatic rings. The van der Waals surface area contributed by atoms with Crippen molar-refractivity contribution in [3.63, 3.8) is 0 Å². The Morgan fingerprint density at radius 2 is 1.92 bits per heavy atom. The highest BCUT2D eigenvalue weighted by Gasteiger charge is 2.20. The van der Waals surface area contributed by atoms with Gasteiger partial charge in [0.05, 0.1) is 16.6 Å². The molecule has 0 amide bonds. The Kier molecular flexibility index (Phi) is 4.75. The number of nitrogens with zero attached hydrogens (tertiary/aromatic N) is 6. The number of aliphatic imine (C=N–C) groups is 1. The molecule has 0 radical (unpaired) electrons. The first-order valence-electron chi connectivity index (χ1n) is 8.38. The third kappa shape index (κ3) is 3.30. The molecule has 0 unspecified atom stereocenters. The van der Waals surface area contributed by atoms with Crippen molar-refractivity contribution in [2.45, 2.75) is 39.8 Å². The van der Waals surface area contributed by atoms with Crippen LogP contribution in [0.5, 0.6) is 0 Å². The molecule has 0 fully saturated rings. The lowest BCUT2D eigenvalue weighted by Gasteiger charge is -2.27. The van der Waals surface area contributed by atoms with Gasteiger partial charge in [0.15, 0.2) is 5.52 Å². The zero-order chi connectivity index (χ0) is 18.8. The van der Waals surface area contributed by atoms with Crippen molar-refractivity contribution in [1.29, 1.82) is 0 Å². The fourth-order valence-electron chi connectivity index (χ4n) is 2.94. The smallest absolute Gasteiger partial charge is 0.303 e. The quantitative estimate of drug-likeness (QED) is 0.227. The fourth-order valence-corrected chi connectivity index (χ4v) is 2.94. The van der Waals surface area contributed by atoms with Crippen LogP contribution in [0.1, 0.15) is 27.7 Å². The van der Waals surface area contributed by atoms with Crippen LogP contribution >= 0.6 is 0 Å². The molecule has 3 rings (SSSR count). The molecule has 0 spiro atoms. The third-order valence-electron chi connectivity index (χ3n) is 4.13. The van der Waals surface area contributed by atoms with E-state index in [0.29, 0.717) is 16.2 Å². The van der Waals surface area contributed by atoms with Gasteiger partial charge in [-0.3, -0.25) is 15.1 Å². The number of non-ortho nitro benzene ring substituents is 1. The maximum atomic E-state index is 11.7. The topological polar surface area (TPSA) is 97.4 Å². The first kappa shape index (κ1) is 17.7. The molecule has 1 aromatic carbocycles. The molecule has 26 heavy (non-hydrogen) atoms. The molecule has 2 aromatic heterocycles. The number of benzene rings is 1. The van der Waals surface area contributed by atoms with Gasteiger partial charge in [-0.2, -0.15) is 0 Å². The first-order chi connectivity index (χ1) is 12.4. The Balaban J connectivity index is 2.15. The van der Waals surface area contributed by atoms with E-state index in [1.54, 1.807) is 30.9 Å². The molecular formula is C18H20N6O2. The van der Waals surface area contributed by atoms with E-state index >= 15 is 0 Å². The van der Waals surface area contributed by atoms with Gasteiger partial charge < -0.3 is 4.90 Å². The Morgan fingerprint density at radius 1 is 1.19 bits per heavy atom. The molecule has 8 nitrogen and oxygen atoms in total. The van der Waals surface area contributed by atoms with Crippen molar-refractivity contribution < 1.29 is 4.92 Å². The van der Waals surface area contributed by atoms with E-state index in [1.807, 2.05) is 0 Å². The van der Waals surface area contributed by atoms with Crippen molar-refractivity contribution in [1.82, 2.24) is 19.9 Å². The number of nitro benzene ring substituents is 1. The summed E-state index contributed by atoms with van der Waals surface area (Å²) in [6, 6.07) is 3.96.